The monoisotopic (exact) mass is 223 g/mol. The lowest BCUT2D eigenvalue weighted by molar-refractivity contribution is 0.578. The van der Waals surface area contributed by atoms with Crippen molar-refractivity contribution in [3.8, 4) is 0 Å². The van der Waals surface area contributed by atoms with Gasteiger partial charge in [-0.25, -0.2) is 9.48 Å². The first-order valence-corrected chi connectivity index (χ1v) is 5.07. The highest BCUT2D eigenvalue weighted by Gasteiger charge is 2.14. The van der Waals surface area contributed by atoms with Gasteiger partial charge in [-0.3, -0.25) is 13.9 Å². The molecule has 0 saturated carbocycles. The Hall–Kier alpha value is -1.92. The first kappa shape index (κ1) is 10.6. The molecule has 2 rings (SSSR count). The topological polar surface area (TPSA) is 74.7 Å². The number of nitrogens with zero attached hydrogens (tertiary/aromatic N) is 5. The third-order valence-electron chi connectivity index (χ3n) is 2.54. The molecule has 0 amide bonds. The molecule has 0 unspecified atom stereocenters. The van der Waals surface area contributed by atoms with Crippen molar-refractivity contribution in [3.63, 3.8) is 0 Å². The zero-order chi connectivity index (χ0) is 11.9. The first-order chi connectivity index (χ1) is 7.57. The lowest BCUT2D eigenvalue weighted by atomic mass is 10.4. The van der Waals surface area contributed by atoms with Gasteiger partial charge in [-0.1, -0.05) is 12.1 Å². The van der Waals surface area contributed by atoms with E-state index in [1.807, 2.05) is 6.92 Å². The molecule has 0 aliphatic carbocycles. The van der Waals surface area contributed by atoms with Gasteiger partial charge in [0.2, 0.25) is 0 Å². The van der Waals surface area contributed by atoms with Crippen molar-refractivity contribution >= 4 is 11.2 Å². The molecular weight excluding hydrogens is 210 g/mol. The van der Waals surface area contributed by atoms with Gasteiger partial charge in [0, 0.05) is 20.6 Å². The number of aromatic nitrogens is 5. The van der Waals surface area contributed by atoms with E-state index >= 15 is 0 Å². The van der Waals surface area contributed by atoms with Crippen molar-refractivity contribution in [2.45, 2.75) is 19.9 Å². The van der Waals surface area contributed by atoms with Gasteiger partial charge in [-0.05, 0) is 6.42 Å². The van der Waals surface area contributed by atoms with Gasteiger partial charge in [0.25, 0.3) is 5.56 Å². The van der Waals surface area contributed by atoms with Crippen LogP contribution in [-0.2, 0) is 20.6 Å². The van der Waals surface area contributed by atoms with Crippen molar-refractivity contribution in [1.82, 2.24) is 24.1 Å². The second-order valence-corrected chi connectivity index (χ2v) is 3.69. The van der Waals surface area contributed by atoms with Crippen molar-refractivity contribution < 1.29 is 0 Å². The average molecular weight is 223 g/mol. The summed E-state index contributed by atoms with van der Waals surface area (Å²) in [4.78, 5) is 23.5. The molecule has 0 radical (unpaired) electrons. The second kappa shape index (κ2) is 3.58. The van der Waals surface area contributed by atoms with Gasteiger partial charge in [-0.2, -0.15) is 0 Å². The van der Waals surface area contributed by atoms with E-state index in [-0.39, 0.29) is 11.2 Å². The molecule has 0 saturated heterocycles. The van der Waals surface area contributed by atoms with Crippen molar-refractivity contribution in [3.05, 3.63) is 20.8 Å². The maximum absolute atomic E-state index is 11.8. The van der Waals surface area contributed by atoms with E-state index in [1.54, 1.807) is 11.7 Å². The third kappa shape index (κ3) is 1.28. The number of aryl methyl sites for hydroxylation is 2. The second-order valence-electron chi connectivity index (χ2n) is 3.69. The van der Waals surface area contributed by atoms with Crippen molar-refractivity contribution in [2.75, 3.05) is 0 Å². The quantitative estimate of drug-likeness (QED) is 0.670. The summed E-state index contributed by atoms with van der Waals surface area (Å²) in [6.07, 6.45) is 0.863. The number of rotatable bonds is 2. The predicted octanol–water partition coefficient (Wildman–Crippen LogP) is -0.761. The molecule has 0 fully saturated rings. The molecule has 0 aliphatic rings. The van der Waals surface area contributed by atoms with E-state index in [4.69, 9.17) is 0 Å². The van der Waals surface area contributed by atoms with Gasteiger partial charge in [0.05, 0.1) is 0 Å². The normalized spacial score (nSPS) is 11.2. The summed E-state index contributed by atoms with van der Waals surface area (Å²) < 4.78 is 4.01. The minimum atomic E-state index is -0.402. The van der Waals surface area contributed by atoms with Crippen LogP contribution in [0.25, 0.3) is 11.2 Å². The Morgan fingerprint density at radius 3 is 2.50 bits per heavy atom. The summed E-state index contributed by atoms with van der Waals surface area (Å²) >= 11 is 0. The van der Waals surface area contributed by atoms with Gasteiger partial charge in [-0.15, -0.1) is 5.10 Å². The standard InChI is InChI=1S/C9H13N5O2/c1-4-5-14-7-6(10-11-14)8(15)13(3)9(16)12(7)2/h4-5H2,1-3H3. The Kier molecular flexibility index (Phi) is 2.37. The van der Waals surface area contributed by atoms with Crippen LogP contribution < -0.4 is 11.2 Å². The van der Waals surface area contributed by atoms with Crippen molar-refractivity contribution in [2.24, 2.45) is 14.1 Å². The minimum Gasteiger partial charge on any atom is -0.279 e. The molecule has 0 atom stereocenters. The van der Waals surface area contributed by atoms with Crippen LogP contribution in [0.3, 0.4) is 0 Å². The van der Waals surface area contributed by atoms with E-state index in [2.05, 4.69) is 10.3 Å². The highest BCUT2D eigenvalue weighted by atomic mass is 16.2. The Morgan fingerprint density at radius 1 is 1.19 bits per heavy atom. The highest BCUT2D eigenvalue weighted by molar-refractivity contribution is 5.68. The fourth-order valence-electron chi connectivity index (χ4n) is 1.70. The summed E-state index contributed by atoms with van der Waals surface area (Å²) in [5, 5.41) is 7.70. The molecule has 2 aromatic heterocycles. The fraction of sp³-hybridized carbons (Fsp3) is 0.556. The van der Waals surface area contributed by atoms with Crippen LogP contribution in [0, 0.1) is 0 Å². The third-order valence-corrected chi connectivity index (χ3v) is 2.54. The molecule has 7 nitrogen and oxygen atoms in total. The smallest absolute Gasteiger partial charge is 0.279 e. The summed E-state index contributed by atoms with van der Waals surface area (Å²) in [6.45, 7) is 2.63. The summed E-state index contributed by atoms with van der Waals surface area (Å²) in [5.74, 6) is 0. The molecule has 0 bridgehead atoms. The molecule has 2 heterocycles. The molecule has 7 heteroatoms. The van der Waals surface area contributed by atoms with Crippen LogP contribution in [0.15, 0.2) is 9.59 Å². The van der Waals surface area contributed by atoms with E-state index in [1.165, 1.54) is 11.6 Å². The predicted molar refractivity (Wildman–Crippen MR) is 58.3 cm³/mol. The molecule has 0 N–H and O–H groups in total. The minimum absolute atomic E-state index is 0.234. The van der Waals surface area contributed by atoms with Gasteiger partial charge in [0.1, 0.15) is 0 Å². The number of hydrogen-bond acceptors (Lipinski definition) is 4. The SMILES string of the molecule is CCCn1nnc2c(=O)n(C)c(=O)n(C)c21. The molecule has 86 valence electrons. The Labute approximate surface area is 90.9 Å². The van der Waals surface area contributed by atoms with Crippen LogP contribution in [0.1, 0.15) is 13.3 Å². The summed E-state index contributed by atoms with van der Waals surface area (Å²) in [6, 6.07) is 0. The van der Waals surface area contributed by atoms with Gasteiger partial charge in [0.15, 0.2) is 11.2 Å². The molecule has 0 spiro atoms. The molecule has 2 aromatic rings. The van der Waals surface area contributed by atoms with Crippen LogP contribution >= 0.6 is 0 Å². The maximum Gasteiger partial charge on any atom is 0.332 e. The van der Waals surface area contributed by atoms with Gasteiger partial charge >= 0.3 is 5.69 Å². The van der Waals surface area contributed by atoms with E-state index in [0.29, 0.717) is 12.2 Å². The van der Waals surface area contributed by atoms with Crippen LogP contribution in [-0.4, -0.2) is 24.1 Å². The highest BCUT2D eigenvalue weighted by Crippen LogP contribution is 2.03. The zero-order valence-electron chi connectivity index (χ0n) is 9.47. The van der Waals surface area contributed by atoms with Gasteiger partial charge < -0.3 is 0 Å². The number of hydrogen-bond donors (Lipinski definition) is 0. The average Bonchev–Trinajstić information content (AvgIpc) is 2.68. The zero-order valence-corrected chi connectivity index (χ0v) is 9.47. The Morgan fingerprint density at radius 2 is 1.88 bits per heavy atom. The van der Waals surface area contributed by atoms with E-state index in [0.717, 1.165) is 11.0 Å². The maximum atomic E-state index is 11.8. The Balaban J connectivity index is 2.95. The van der Waals surface area contributed by atoms with E-state index in [9.17, 15) is 9.59 Å². The lowest BCUT2D eigenvalue weighted by Crippen LogP contribution is -2.37. The largest absolute Gasteiger partial charge is 0.332 e. The first-order valence-electron chi connectivity index (χ1n) is 5.07. The van der Waals surface area contributed by atoms with Crippen molar-refractivity contribution in [1.29, 1.82) is 0 Å². The number of fused-ring (bicyclic) bond motifs is 1. The summed E-state index contributed by atoms with van der Waals surface area (Å²) in [7, 11) is 3.04. The Bertz CT molecular complexity index is 648. The van der Waals surface area contributed by atoms with Crippen LogP contribution in [0.2, 0.25) is 0 Å². The molecule has 16 heavy (non-hydrogen) atoms. The summed E-state index contributed by atoms with van der Waals surface area (Å²) in [5.41, 5.74) is -0.0504. The molecular formula is C9H13N5O2. The molecule has 0 aliphatic heterocycles. The molecule has 0 aromatic carbocycles. The van der Waals surface area contributed by atoms with E-state index < -0.39 is 5.56 Å². The van der Waals surface area contributed by atoms with Crippen LogP contribution in [0.4, 0.5) is 0 Å². The lowest BCUT2D eigenvalue weighted by Gasteiger charge is -2.05. The fourth-order valence-corrected chi connectivity index (χ4v) is 1.70. The van der Waals surface area contributed by atoms with Crippen LogP contribution in [0.5, 0.6) is 0 Å².